The van der Waals surface area contributed by atoms with Gasteiger partial charge in [-0.05, 0) is 19.1 Å². The number of carbonyl (C=O) groups is 1. The number of para-hydroxylation sites is 1. The van der Waals surface area contributed by atoms with E-state index in [2.05, 4.69) is 5.32 Å². The first-order chi connectivity index (χ1) is 6.11. The quantitative estimate of drug-likeness (QED) is 0.759. The number of carbonyl (C=O) groups excluding carboxylic acids is 1. The minimum atomic E-state index is -0.531. The topological polar surface area (TPSA) is 55.1 Å². The molecule has 1 rings (SSSR count). The Hall–Kier alpha value is -1.06. The first kappa shape index (κ1) is 10.0. The fraction of sp³-hybridized carbons (Fsp3) is 0.222. The van der Waals surface area contributed by atoms with Crippen molar-refractivity contribution in [2.45, 2.75) is 13.0 Å². The fourth-order valence-electron chi connectivity index (χ4n) is 0.809. The SMILES string of the molecule is C[C@H](N)C(=O)Nc1ccccc1Cl. The van der Waals surface area contributed by atoms with Crippen LogP contribution in [0, 0.1) is 0 Å². The number of hydrogen-bond acceptors (Lipinski definition) is 2. The minimum Gasteiger partial charge on any atom is -0.323 e. The van der Waals surface area contributed by atoms with Crippen LogP contribution in [0.4, 0.5) is 5.69 Å². The van der Waals surface area contributed by atoms with Crippen LogP contribution in [-0.4, -0.2) is 11.9 Å². The first-order valence-corrected chi connectivity index (χ1v) is 4.30. The van der Waals surface area contributed by atoms with E-state index in [1.807, 2.05) is 0 Å². The maximum atomic E-state index is 11.2. The van der Waals surface area contributed by atoms with Gasteiger partial charge in [0.15, 0.2) is 0 Å². The summed E-state index contributed by atoms with van der Waals surface area (Å²) in [6, 6.07) is 6.49. The van der Waals surface area contributed by atoms with Gasteiger partial charge in [-0.15, -0.1) is 0 Å². The monoisotopic (exact) mass is 198 g/mol. The van der Waals surface area contributed by atoms with E-state index in [-0.39, 0.29) is 5.91 Å². The third kappa shape index (κ3) is 2.72. The highest BCUT2D eigenvalue weighted by Crippen LogP contribution is 2.20. The van der Waals surface area contributed by atoms with Crippen LogP contribution in [0.1, 0.15) is 6.92 Å². The van der Waals surface area contributed by atoms with Crippen LogP contribution in [0.5, 0.6) is 0 Å². The average Bonchev–Trinajstić information content (AvgIpc) is 2.08. The van der Waals surface area contributed by atoms with Crippen molar-refractivity contribution in [3.8, 4) is 0 Å². The smallest absolute Gasteiger partial charge is 0.241 e. The molecule has 0 bridgehead atoms. The standard InChI is InChI=1S/C9H11ClN2O/c1-6(11)9(13)12-8-5-3-2-4-7(8)10/h2-6H,11H2,1H3,(H,12,13)/t6-/m0/s1. The Morgan fingerprint density at radius 3 is 2.69 bits per heavy atom. The van der Waals surface area contributed by atoms with Crippen LogP contribution in [0.15, 0.2) is 24.3 Å². The number of nitrogens with one attached hydrogen (secondary N) is 1. The average molecular weight is 199 g/mol. The van der Waals surface area contributed by atoms with Gasteiger partial charge in [-0.25, -0.2) is 0 Å². The predicted octanol–water partition coefficient (Wildman–Crippen LogP) is 1.63. The highest BCUT2D eigenvalue weighted by atomic mass is 35.5. The number of nitrogens with two attached hydrogens (primary N) is 1. The van der Waals surface area contributed by atoms with Gasteiger partial charge in [-0.3, -0.25) is 4.79 Å². The van der Waals surface area contributed by atoms with Gasteiger partial charge in [0.05, 0.1) is 16.8 Å². The molecule has 0 aromatic heterocycles. The molecule has 0 saturated heterocycles. The maximum absolute atomic E-state index is 11.2. The summed E-state index contributed by atoms with van der Waals surface area (Å²) in [6.45, 7) is 1.62. The lowest BCUT2D eigenvalue weighted by Crippen LogP contribution is -2.32. The second-order valence-corrected chi connectivity index (χ2v) is 3.16. The Bertz CT molecular complexity index is 312. The molecule has 3 N–H and O–H groups in total. The van der Waals surface area contributed by atoms with Crippen LogP contribution < -0.4 is 11.1 Å². The van der Waals surface area contributed by atoms with E-state index in [9.17, 15) is 4.79 Å². The number of anilines is 1. The van der Waals surface area contributed by atoms with Gasteiger partial charge >= 0.3 is 0 Å². The molecule has 1 amide bonds. The molecule has 1 aromatic rings. The number of halogens is 1. The third-order valence-corrected chi connectivity index (χ3v) is 1.87. The Kier molecular flexibility index (Phi) is 3.28. The van der Waals surface area contributed by atoms with Gasteiger partial charge in [0.2, 0.25) is 5.91 Å². The van der Waals surface area contributed by atoms with Crippen LogP contribution in [-0.2, 0) is 4.79 Å². The van der Waals surface area contributed by atoms with Crippen LogP contribution in [0.2, 0.25) is 5.02 Å². The van der Waals surface area contributed by atoms with Gasteiger partial charge in [-0.1, -0.05) is 23.7 Å². The molecule has 13 heavy (non-hydrogen) atoms. The Morgan fingerprint density at radius 2 is 2.15 bits per heavy atom. The van der Waals surface area contributed by atoms with Crippen molar-refractivity contribution in [1.29, 1.82) is 0 Å². The molecule has 0 heterocycles. The first-order valence-electron chi connectivity index (χ1n) is 3.92. The van der Waals surface area contributed by atoms with Crippen LogP contribution >= 0.6 is 11.6 Å². The molecule has 1 aromatic carbocycles. The van der Waals surface area contributed by atoms with E-state index in [4.69, 9.17) is 17.3 Å². The number of benzene rings is 1. The van der Waals surface area contributed by atoms with Crippen molar-refractivity contribution in [2.75, 3.05) is 5.32 Å². The van der Waals surface area contributed by atoms with Gasteiger partial charge in [0, 0.05) is 0 Å². The molecular formula is C9H11ClN2O. The lowest BCUT2D eigenvalue weighted by atomic mass is 10.3. The molecule has 0 spiro atoms. The fourth-order valence-corrected chi connectivity index (χ4v) is 0.992. The summed E-state index contributed by atoms with van der Waals surface area (Å²) >= 11 is 5.82. The normalized spacial score (nSPS) is 12.2. The molecular weight excluding hydrogens is 188 g/mol. The maximum Gasteiger partial charge on any atom is 0.241 e. The summed E-state index contributed by atoms with van der Waals surface area (Å²) < 4.78 is 0. The second kappa shape index (κ2) is 4.25. The molecule has 0 aliphatic rings. The van der Waals surface area contributed by atoms with Crippen LogP contribution in [0.25, 0.3) is 0 Å². The summed E-state index contributed by atoms with van der Waals surface area (Å²) in [5, 5.41) is 3.12. The van der Waals surface area contributed by atoms with E-state index in [0.717, 1.165) is 0 Å². The number of hydrogen-bond donors (Lipinski definition) is 2. The Balaban J connectivity index is 2.75. The summed E-state index contributed by atoms with van der Waals surface area (Å²) in [5.41, 5.74) is 5.97. The molecule has 70 valence electrons. The number of rotatable bonds is 2. The molecule has 0 fully saturated rings. The molecule has 0 saturated carbocycles. The molecule has 0 aliphatic heterocycles. The molecule has 0 radical (unpaired) electrons. The zero-order valence-electron chi connectivity index (χ0n) is 7.25. The summed E-state index contributed by atoms with van der Waals surface area (Å²) in [7, 11) is 0. The predicted molar refractivity (Wildman–Crippen MR) is 53.7 cm³/mol. The van der Waals surface area contributed by atoms with Crippen molar-refractivity contribution >= 4 is 23.2 Å². The van der Waals surface area contributed by atoms with Crippen molar-refractivity contribution in [1.82, 2.24) is 0 Å². The lowest BCUT2D eigenvalue weighted by Gasteiger charge is -2.08. The van der Waals surface area contributed by atoms with E-state index >= 15 is 0 Å². The van der Waals surface area contributed by atoms with Gasteiger partial charge < -0.3 is 11.1 Å². The zero-order valence-corrected chi connectivity index (χ0v) is 8.01. The second-order valence-electron chi connectivity index (χ2n) is 2.76. The highest BCUT2D eigenvalue weighted by molar-refractivity contribution is 6.33. The molecule has 4 heteroatoms. The van der Waals surface area contributed by atoms with E-state index < -0.39 is 6.04 Å². The van der Waals surface area contributed by atoms with Crippen molar-refractivity contribution in [3.05, 3.63) is 29.3 Å². The van der Waals surface area contributed by atoms with Crippen molar-refractivity contribution < 1.29 is 4.79 Å². The van der Waals surface area contributed by atoms with Crippen molar-refractivity contribution in [2.24, 2.45) is 5.73 Å². The largest absolute Gasteiger partial charge is 0.323 e. The third-order valence-electron chi connectivity index (χ3n) is 1.55. The van der Waals surface area contributed by atoms with E-state index in [1.54, 1.807) is 31.2 Å². The van der Waals surface area contributed by atoms with Crippen molar-refractivity contribution in [3.63, 3.8) is 0 Å². The Morgan fingerprint density at radius 1 is 1.54 bits per heavy atom. The summed E-state index contributed by atoms with van der Waals surface area (Å²) in [5.74, 6) is -0.242. The van der Waals surface area contributed by atoms with Gasteiger partial charge in [0.25, 0.3) is 0 Å². The zero-order chi connectivity index (χ0) is 9.84. The summed E-state index contributed by atoms with van der Waals surface area (Å²) in [4.78, 5) is 11.2. The highest BCUT2D eigenvalue weighted by Gasteiger charge is 2.08. The van der Waals surface area contributed by atoms with E-state index in [1.165, 1.54) is 0 Å². The molecule has 1 atom stereocenters. The summed E-state index contributed by atoms with van der Waals surface area (Å²) in [6.07, 6.45) is 0. The van der Waals surface area contributed by atoms with Gasteiger partial charge in [-0.2, -0.15) is 0 Å². The Labute approximate surface area is 81.9 Å². The minimum absolute atomic E-state index is 0.242. The van der Waals surface area contributed by atoms with E-state index in [0.29, 0.717) is 10.7 Å². The van der Waals surface area contributed by atoms with Crippen LogP contribution in [0.3, 0.4) is 0 Å². The lowest BCUT2D eigenvalue weighted by molar-refractivity contribution is -0.117. The number of amides is 1. The molecule has 0 unspecified atom stereocenters. The molecule has 0 aliphatic carbocycles. The van der Waals surface area contributed by atoms with Gasteiger partial charge in [0.1, 0.15) is 0 Å². The molecule has 3 nitrogen and oxygen atoms in total.